The fourth-order valence-corrected chi connectivity index (χ4v) is 24.9. The topological polar surface area (TPSA) is 24.9 Å². The molecule has 4 spiro atoms. The van der Waals surface area contributed by atoms with Crippen molar-refractivity contribution in [3.05, 3.63) is 125 Å². The third-order valence-electron chi connectivity index (χ3n) is 27.1. The van der Waals surface area contributed by atoms with Gasteiger partial charge in [0, 0.05) is 34.1 Å². The number of rotatable bonds is 2. The minimum absolute atomic E-state index is 0.0250. The van der Waals surface area contributed by atoms with Gasteiger partial charge in [-0.15, -0.1) is 0 Å². The first-order valence-electron chi connectivity index (χ1n) is 34.2. The molecule has 426 valence electrons. The molecular formula is C77H93BN2O2. The first-order valence-corrected chi connectivity index (χ1v) is 34.2. The van der Waals surface area contributed by atoms with Crippen molar-refractivity contribution in [3.8, 4) is 0 Å². The van der Waals surface area contributed by atoms with Crippen molar-refractivity contribution < 1.29 is 9.47 Å². The summed E-state index contributed by atoms with van der Waals surface area (Å²) < 4.78 is 17.6. The second-order valence-electron chi connectivity index (χ2n) is 33.1. The molecule has 4 nitrogen and oxygen atoms in total. The Morgan fingerprint density at radius 3 is 1.11 bits per heavy atom. The van der Waals surface area contributed by atoms with Crippen molar-refractivity contribution in [2.75, 3.05) is 9.80 Å². The van der Waals surface area contributed by atoms with Crippen LogP contribution in [0.15, 0.2) is 97.1 Å². The van der Waals surface area contributed by atoms with Gasteiger partial charge in [-0.3, -0.25) is 0 Å². The van der Waals surface area contributed by atoms with Gasteiger partial charge in [0.1, 0.15) is 22.4 Å². The molecule has 0 amide bonds. The maximum atomic E-state index is 8.80. The van der Waals surface area contributed by atoms with Gasteiger partial charge in [0.2, 0.25) is 0 Å². The first-order chi connectivity index (χ1) is 39.5. The van der Waals surface area contributed by atoms with Crippen LogP contribution in [-0.2, 0) is 37.3 Å². The Morgan fingerprint density at radius 2 is 0.720 bits per heavy atom. The van der Waals surface area contributed by atoms with Crippen LogP contribution >= 0.6 is 0 Å². The first kappa shape index (κ1) is 51.0. The van der Waals surface area contributed by atoms with Crippen molar-refractivity contribution >= 4 is 57.2 Å². The van der Waals surface area contributed by atoms with Crippen LogP contribution < -0.4 is 26.2 Å². The molecule has 0 radical (unpaired) electrons. The molecule has 82 heavy (non-hydrogen) atoms. The summed E-state index contributed by atoms with van der Waals surface area (Å²) in [7, 11) is 0. The molecule has 5 heteroatoms. The molecule has 4 heterocycles. The van der Waals surface area contributed by atoms with E-state index in [1.54, 1.807) is 22.3 Å². The number of hydrogen-bond acceptors (Lipinski definition) is 4. The number of fused-ring (bicyclic) bond motifs is 18. The Bertz CT molecular complexity index is 3410. The van der Waals surface area contributed by atoms with Gasteiger partial charge in [-0.2, -0.15) is 0 Å². The summed E-state index contributed by atoms with van der Waals surface area (Å²) >= 11 is 0. The van der Waals surface area contributed by atoms with E-state index in [0.29, 0.717) is 47.3 Å². The predicted octanol–water partition coefficient (Wildman–Crippen LogP) is 17.6. The van der Waals surface area contributed by atoms with Crippen molar-refractivity contribution in [1.29, 1.82) is 0 Å². The lowest BCUT2D eigenvalue weighted by Crippen LogP contribution is -2.62. The summed E-state index contributed by atoms with van der Waals surface area (Å²) in [6.45, 7) is 23.1. The fraction of sp³-hybridized carbons (Fsp3) is 0.610. The normalized spacial score (nSPS) is 42.9. The third kappa shape index (κ3) is 6.56. The molecule has 4 aliphatic heterocycles. The second-order valence-corrected chi connectivity index (χ2v) is 33.1. The molecule has 19 rings (SSSR count). The van der Waals surface area contributed by atoms with E-state index in [1.807, 2.05) is 0 Å². The Hall–Kier alpha value is -4.32. The Balaban J connectivity index is 0.964. The van der Waals surface area contributed by atoms with Gasteiger partial charge in [0.15, 0.2) is 0 Å². The lowest BCUT2D eigenvalue weighted by Gasteiger charge is -2.62. The van der Waals surface area contributed by atoms with Crippen LogP contribution in [-0.4, -0.2) is 6.71 Å². The minimum Gasteiger partial charge on any atom is -0.358 e. The average molecular weight is 1090 g/mol. The van der Waals surface area contributed by atoms with Crippen molar-refractivity contribution in [1.82, 2.24) is 0 Å². The molecule has 10 bridgehead atoms. The molecule has 0 saturated heterocycles. The van der Waals surface area contributed by atoms with Crippen LogP contribution in [0.5, 0.6) is 0 Å². The number of ether oxygens (including phenoxy) is 2. The van der Waals surface area contributed by atoms with Gasteiger partial charge in [-0.05, 0) is 302 Å². The summed E-state index contributed by atoms with van der Waals surface area (Å²) in [5, 5.41) is 0. The Morgan fingerprint density at radius 1 is 0.378 bits per heavy atom. The number of anilines is 6. The summed E-state index contributed by atoms with van der Waals surface area (Å²) in [6.07, 6.45) is 22.6. The van der Waals surface area contributed by atoms with E-state index >= 15 is 0 Å². The van der Waals surface area contributed by atoms with Gasteiger partial charge in [-0.1, -0.05) is 111 Å². The van der Waals surface area contributed by atoms with Gasteiger partial charge < -0.3 is 19.3 Å². The molecule has 10 aliphatic carbocycles. The van der Waals surface area contributed by atoms with E-state index in [0.717, 1.165) is 47.3 Å². The smallest absolute Gasteiger partial charge is 0.252 e. The summed E-state index contributed by atoms with van der Waals surface area (Å²) in [4.78, 5) is 5.57. The third-order valence-corrected chi connectivity index (χ3v) is 27.1. The van der Waals surface area contributed by atoms with Crippen LogP contribution in [0.4, 0.5) is 34.1 Å². The molecule has 10 fully saturated rings. The lowest BCUT2D eigenvalue weighted by atomic mass is 9.32. The highest BCUT2D eigenvalue weighted by molar-refractivity contribution is 7.00. The largest absolute Gasteiger partial charge is 0.358 e. The zero-order valence-electron chi connectivity index (χ0n) is 51.3. The summed E-state index contributed by atoms with van der Waals surface area (Å²) in [5.74, 6) is 10.5. The van der Waals surface area contributed by atoms with Crippen LogP contribution in [0.25, 0.3) is 0 Å². The molecule has 14 aliphatic rings. The number of hydrogen-bond donors (Lipinski definition) is 0. The highest BCUT2D eigenvalue weighted by Gasteiger charge is 2.71. The van der Waals surface area contributed by atoms with Crippen LogP contribution in [0, 0.1) is 94.7 Å². The van der Waals surface area contributed by atoms with Crippen molar-refractivity contribution in [2.24, 2.45) is 94.7 Å². The van der Waals surface area contributed by atoms with Crippen LogP contribution in [0.2, 0.25) is 0 Å². The maximum Gasteiger partial charge on any atom is 0.252 e. The standard InChI is InChI=1S/C77H93BN2O2/c1-43-20-49-26-46(4)74(55(23-43)30-49)62-39-66-68(41-64(62)76(81-74)48(6)28-51-22-45(3)25-57(76)32-51)79(60-16-12-10-13-17-60)70-37-54(73(7,8)9)38-71-72(70)78(66)67-40-63-65(42-69(67)80(71)61-18-14-11-15-19-61)77(58-33-52-29-53(35-58)36-59(77)34-52)82-75(63)47(5)27-50-21-44(2)24-56(75)31-50/h10-19,37-53,55-59H,20-36H2,1-9H3. The molecule has 5 aromatic rings. The second kappa shape index (κ2) is 17.2. The van der Waals surface area contributed by atoms with E-state index in [9.17, 15) is 0 Å². The minimum atomic E-state index is -0.310. The van der Waals surface area contributed by atoms with Crippen molar-refractivity contribution in [3.63, 3.8) is 0 Å². The molecule has 0 N–H and O–H groups in total. The quantitative estimate of drug-likeness (QED) is 0.161. The highest BCUT2D eigenvalue weighted by Crippen LogP contribution is 2.74. The zero-order valence-corrected chi connectivity index (χ0v) is 51.3. The van der Waals surface area contributed by atoms with Crippen LogP contribution in [0.1, 0.15) is 199 Å². The number of para-hydroxylation sites is 2. The Labute approximate surface area is 492 Å². The van der Waals surface area contributed by atoms with E-state index < -0.39 is 0 Å². The summed E-state index contributed by atoms with van der Waals surface area (Å²) in [6, 6.07) is 40.2. The number of nitrogens with zero attached hydrogens (tertiary/aromatic N) is 2. The van der Waals surface area contributed by atoms with Gasteiger partial charge in [0.05, 0.1) is 0 Å². The molecule has 15 atom stereocenters. The van der Waals surface area contributed by atoms with Gasteiger partial charge in [0.25, 0.3) is 6.71 Å². The molecule has 0 aromatic heterocycles. The van der Waals surface area contributed by atoms with Crippen molar-refractivity contribution in [2.45, 2.75) is 199 Å². The fourth-order valence-electron chi connectivity index (χ4n) is 24.9. The summed E-state index contributed by atoms with van der Waals surface area (Å²) in [5.41, 5.74) is 19.1. The van der Waals surface area contributed by atoms with Gasteiger partial charge >= 0.3 is 0 Å². The Kier molecular flexibility index (Phi) is 10.7. The molecule has 10 saturated carbocycles. The highest BCUT2D eigenvalue weighted by atomic mass is 16.5. The molecule has 15 unspecified atom stereocenters. The molecule has 5 aromatic carbocycles. The predicted molar refractivity (Wildman–Crippen MR) is 336 cm³/mol. The van der Waals surface area contributed by atoms with Crippen LogP contribution in [0.3, 0.4) is 0 Å². The van der Waals surface area contributed by atoms with E-state index in [1.165, 1.54) is 165 Å². The maximum absolute atomic E-state index is 8.80. The van der Waals surface area contributed by atoms with E-state index in [-0.39, 0.29) is 34.5 Å². The average Bonchev–Trinajstić information content (AvgIpc) is 1.56. The molecular weight excluding hydrogens is 996 g/mol. The number of benzene rings is 5. The van der Waals surface area contributed by atoms with E-state index in [2.05, 4.69) is 169 Å². The monoisotopic (exact) mass is 1090 g/mol. The SMILES string of the molecule is CC1CC2CC(C)C3(OC4(c5cc6c(cc53)B3c5cc7c(cc5N(c5ccccc5)c5cc(C(C)(C)C)cc(c53)N6c3ccccc3)C3(OC75C(C)CC6CC(C)CC5C6)C5CC6CC(C5)CC3C6)C(C)CC3CC(C)CC4C3)C(C1)C2. The van der Waals surface area contributed by atoms with Gasteiger partial charge in [-0.25, -0.2) is 0 Å². The lowest BCUT2D eigenvalue weighted by molar-refractivity contribution is -0.290. The zero-order chi connectivity index (χ0) is 55.3. The van der Waals surface area contributed by atoms with E-state index in [4.69, 9.17) is 9.47 Å².